The number of benzene rings is 3. The SMILES string of the molecule is Cc1ccc(NCc2ccc(Oc3ccc([N+](=O)[O-])cc3[N+](=O)[O-])cc2)cc1Cl. The molecule has 3 aromatic carbocycles. The predicted molar refractivity (Wildman–Crippen MR) is 110 cm³/mol. The maximum Gasteiger partial charge on any atom is 0.318 e. The predicted octanol–water partition coefficient (Wildman–Crippen LogP) is 5.87. The maximum atomic E-state index is 11.2. The molecule has 0 fully saturated rings. The fourth-order valence-electron chi connectivity index (χ4n) is 2.56. The van der Waals surface area contributed by atoms with Crippen molar-refractivity contribution in [2.75, 3.05) is 5.32 Å². The van der Waals surface area contributed by atoms with Crippen LogP contribution in [0, 0.1) is 27.2 Å². The molecular weight excluding hydrogens is 398 g/mol. The minimum absolute atomic E-state index is 0.0687. The Hall–Kier alpha value is -3.65. The van der Waals surface area contributed by atoms with Gasteiger partial charge in [-0.3, -0.25) is 20.2 Å². The van der Waals surface area contributed by atoms with Gasteiger partial charge in [0.25, 0.3) is 5.69 Å². The van der Waals surface area contributed by atoms with Crippen molar-refractivity contribution in [2.24, 2.45) is 0 Å². The Kier molecular flexibility index (Phi) is 5.94. The second kappa shape index (κ2) is 8.57. The fraction of sp³-hybridized carbons (Fsp3) is 0.100. The Bertz CT molecular complexity index is 1070. The molecule has 148 valence electrons. The van der Waals surface area contributed by atoms with E-state index in [1.165, 1.54) is 6.07 Å². The van der Waals surface area contributed by atoms with E-state index in [0.29, 0.717) is 17.3 Å². The fourth-order valence-corrected chi connectivity index (χ4v) is 2.74. The van der Waals surface area contributed by atoms with Crippen LogP contribution in [0.25, 0.3) is 0 Å². The summed E-state index contributed by atoms with van der Waals surface area (Å²) in [6, 6.07) is 15.9. The van der Waals surface area contributed by atoms with E-state index in [9.17, 15) is 20.2 Å². The van der Waals surface area contributed by atoms with E-state index in [0.717, 1.165) is 28.9 Å². The number of nitro benzene ring substituents is 2. The largest absolute Gasteiger partial charge is 0.450 e. The molecule has 0 amide bonds. The van der Waals surface area contributed by atoms with Crippen LogP contribution in [0.4, 0.5) is 17.1 Å². The molecule has 0 aromatic heterocycles. The van der Waals surface area contributed by atoms with Crippen molar-refractivity contribution in [1.29, 1.82) is 0 Å². The number of anilines is 1. The number of nitrogens with one attached hydrogen (secondary N) is 1. The van der Waals surface area contributed by atoms with E-state index < -0.39 is 15.5 Å². The van der Waals surface area contributed by atoms with Gasteiger partial charge in [-0.15, -0.1) is 0 Å². The zero-order valence-electron chi connectivity index (χ0n) is 15.3. The quantitative estimate of drug-likeness (QED) is 0.383. The molecule has 0 aliphatic carbocycles. The van der Waals surface area contributed by atoms with Crippen molar-refractivity contribution in [3.63, 3.8) is 0 Å². The highest BCUT2D eigenvalue weighted by atomic mass is 35.5. The van der Waals surface area contributed by atoms with Gasteiger partial charge in [-0.2, -0.15) is 0 Å². The van der Waals surface area contributed by atoms with Crippen LogP contribution in [0.2, 0.25) is 5.02 Å². The number of nitro groups is 2. The number of aryl methyl sites for hydroxylation is 1. The normalized spacial score (nSPS) is 10.4. The average Bonchev–Trinajstić information content (AvgIpc) is 2.70. The molecule has 9 heteroatoms. The Balaban J connectivity index is 1.69. The van der Waals surface area contributed by atoms with Crippen LogP contribution in [-0.4, -0.2) is 9.85 Å². The van der Waals surface area contributed by atoms with Crippen LogP contribution in [0.15, 0.2) is 60.7 Å². The van der Waals surface area contributed by atoms with Gasteiger partial charge in [0.1, 0.15) is 5.75 Å². The summed E-state index contributed by atoms with van der Waals surface area (Å²) in [6.07, 6.45) is 0. The Morgan fingerprint density at radius 1 is 0.966 bits per heavy atom. The van der Waals surface area contributed by atoms with Crippen molar-refractivity contribution in [1.82, 2.24) is 0 Å². The minimum Gasteiger partial charge on any atom is -0.450 e. The molecule has 0 heterocycles. The molecule has 0 saturated heterocycles. The zero-order valence-corrected chi connectivity index (χ0v) is 16.1. The van der Waals surface area contributed by atoms with E-state index in [1.54, 1.807) is 12.1 Å². The van der Waals surface area contributed by atoms with E-state index in [1.807, 2.05) is 37.3 Å². The maximum absolute atomic E-state index is 11.2. The summed E-state index contributed by atoms with van der Waals surface area (Å²) in [6.45, 7) is 2.48. The summed E-state index contributed by atoms with van der Waals surface area (Å²) in [5.41, 5.74) is 2.01. The first-order chi connectivity index (χ1) is 13.8. The zero-order chi connectivity index (χ0) is 21.0. The lowest BCUT2D eigenvalue weighted by molar-refractivity contribution is -0.394. The van der Waals surface area contributed by atoms with E-state index >= 15 is 0 Å². The van der Waals surface area contributed by atoms with Gasteiger partial charge in [0.15, 0.2) is 0 Å². The highest BCUT2D eigenvalue weighted by Gasteiger charge is 2.21. The summed E-state index contributed by atoms with van der Waals surface area (Å²) in [7, 11) is 0. The van der Waals surface area contributed by atoms with Gasteiger partial charge in [0.2, 0.25) is 5.75 Å². The number of hydrogen-bond acceptors (Lipinski definition) is 6. The molecule has 0 aliphatic rings. The highest BCUT2D eigenvalue weighted by molar-refractivity contribution is 6.31. The average molecular weight is 414 g/mol. The van der Waals surface area contributed by atoms with Crippen LogP contribution in [0.1, 0.15) is 11.1 Å². The summed E-state index contributed by atoms with van der Waals surface area (Å²) in [4.78, 5) is 20.6. The molecule has 0 radical (unpaired) electrons. The summed E-state index contributed by atoms with van der Waals surface area (Å²) < 4.78 is 5.55. The molecule has 0 unspecified atom stereocenters. The van der Waals surface area contributed by atoms with Crippen molar-refractivity contribution >= 4 is 28.7 Å². The number of hydrogen-bond donors (Lipinski definition) is 1. The molecule has 29 heavy (non-hydrogen) atoms. The molecule has 0 atom stereocenters. The molecule has 8 nitrogen and oxygen atoms in total. The van der Waals surface area contributed by atoms with Gasteiger partial charge < -0.3 is 10.1 Å². The summed E-state index contributed by atoms with van der Waals surface area (Å²) in [5, 5.41) is 25.9. The highest BCUT2D eigenvalue weighted by Crippen LogP contribution is 2.34. The second-order valence-electron chi connectivity index (χ2n) is 6.23. The number of halogens is 1. The van der Waals surface area contributed by atoms with E-state index in [4.69, 9.17) is 16.3 Å². The van der Waals surface area contributed by atoms with Crippen LogP contribution < -0.4 is 10.1 Å². The molecule has 1 N–H and O–H groups in total. The van der Waals surface area contributed by atoms with Gasteiger partial charge in [0.05, 0.1) is 15.9 Å². The van der Waals surface area contributed by atoms with Gasteiger partial charge >= 0.3 is 5.69 Å². The monoisotopic (exact) mass is 413 g/mol. The topological polar surface area (TPSA) is 108 Å². The Morgan fingerprint density at radius 3 is 2.31 bits per heavy atom. The number of rotatable bonds is 7. The van der Waals surface area contributed by atoms with Crippen molar-refractivity contribution in [3.8, 4) is 11.5 Å². The van der Waals surface area contributed by atoms with E-state index in [2.05, 4.69) is 5.32 Å². The lowest BCUT2D eigenvalue weighted by Gasteiger charge is -2.10. The molecule has 3 aromatic rings. The third-order valence-corrected chi connectivity index (χ3v) is 4.58. The number of nitrogens with zero attached hydrogens (tertiary/aromatic N) is 2. The summed E-state index contributed by atoms with van der Waals surface area (Å²) in [5.74, 6) is 0.310. The van der Waals surface area contributed by atoms with Crippen LogP contribution >= 0.6 is 11.6 Å². The molecule has 0 spiro atoms. The third kappa shape index (κ3) is 4.99. The number of non-ortho nitro benzene ring substituents is 1. The second-order valence-corrected chi connectivity index (χ2v) is 6.64. The van der Waals surface area contributed by atoms with Crippen molar-refractivity contribution in [3.05, 3.63) is 97.0 Å². The van der Waals surface area contributed by atoms with Crippen LogP contribution in [0.3, 0.4) is 0 Å². The smallest absolute Gasteiger partial charge is 0.318 e. The van der Waals surface area contributed by atoms with Gasteiger partial charge in [0, 0.05) is 23.3 Å². The minimum atomic E-state index is -0.715. The molecule has 3 rings (SSSR count). The third-order valence-electron chi connectivity index (χ3n) is 4.17. The molecule has 0 bridgehead atoms. The Morgan fingerprint density at radius 2 is 1.69 bits per heavy atom. The van der Waals surface area contributed by atoms with Crippen LogP contribution in [0.5, 0.6) is 11.5 Å². The van der Waals surface area contributed by atoms with Gasteiger partial charge in [-0.05, 0) is 48.4 Å². The molecule has 0 saturated carbocycles. The van der Waals surface area contributed by atoms with Crippen molar-refractivity contribution < 1.29 is 14.6 Å². The first kappa shape index (κ1) is 20.1. The molecule has 0 aliphatic heterocycles. The Labute approximate surface area is 171 Å². The lowest BCUT2D eigenvalue weighted by atomic mass is 10.2. The van der Waals surface area contributed by atoms with Gasteiger partial charge in [-0.25, -0.2) is 0 Å². The molecular formula is C20H16ClN3O5. The first-order valence-corrected chi connectivity index (χ1v) is 8.91. The number of ether oxygens (including phenoxy) is 1. The van der Waals surface area contributed by atoms with Crippen molar-refractivity contribution in [2.45, 2.75) is 13.5 Å². The standard InChI is InChI=1S/C20H16ClN3O5/c1-13-2-5-15(10-18(13)21)22-12-14-3-7-17(8-4-14)29-20-9-6-16(23(25)26)11-19(20)24(27)28/h2-11,22H,12H2,1H3. The summed E-state index contributed by atoms with van der Waals surface area (Å²) >= 11 is 6.11. The van der Waals surface area contributed by atoms with E-state index in [-0.39, 0.29) is 11.4 Å². The van der Waals surface area contributed by atoms with Crippen LogP contribution in [-0.2, 0) is 6.54 Å². The first-order valence-electron chi connectivity index (χ1n) is 8.53. The van der Waals surface area contributed by atoms with Gasteiger partial charge in [-0.1, -0.05) is 29.8 Å². The lowest BCUT2D eigenvalue weighted by Crippen LogP contribution is -1.99.